The van der Waals surface area contributed by atoms with E-state index in [2.05, 4.69) is 20.8 Å². The largest absolute Gasteiger partial charge is 0.462 e. The second-order valence-electron chi connectivity index (χ2n) is 7.83. The Labute approximate surface area is 171 Å². The number of carbonyl (C=O) groups is 2. The van der Waals surface area contributed by atoms with Gasteiger partial charge in [0.05, 0.1) is 24.3 Å². The standard InChI is InChI=1S/C24H38O4/c1-4-5-6-7-8-9-10-13-18-27-23(25)21-16-11-12-17-22(21)24(26)28-19-14-15-20(2)3/h11-12,16-17,20H,4-10,13-15,18-19H2,1-3H3. The number of benzene rings is 1. The minimum Gasteiger partial charge on any atom is -0.462 e. The van der Waals surface area contributed by atoms with Crippen LogP contribution in [0.3, 0.4) is 0 Å². The van der Waals surface area contributed by atoms with Crippen LogP contribution in [-0.4, -0.2) is 25.2 Å². The quantitative estimate of drug-likeness (QED) is 0.251. The van der Waals surface area contributed by atoms with Crippen molar-refractivity contribution in [1.82, 2.24) is 0 Å². The highest BCUT2D eigenvalue weighted by atomic mass is 16.5. The van der Waals surface area contributed by atoms with Gasteiger partial charge in [-0.1, -0.05) is 77.8 Å². The molecule has 0 spiro atoms. The smallest absolute Gasteiger partial charge is 0.339 e. The zero-order valence-electron chi connectivity index (χ0n) is 18.0. The molecule has 0 N–H and O–H groups in total. The van der Waals surface area contributed by atoms with E-state index in [1.165, 1.54) is 38.5 Å². The molecule has 0 unspecified atom stereocenters. The number of esters is 2. The van der Waals surface area contributed by atoms with Gasteiger partial charge in [0.2, 0.25) is 0 Å². The van der Waals surface area contributed by atoms with Crippen LogP contribution in [0.25, 0.3) is 0 Å². The van der Waals surface area contributed by atoms with E-state index in [0.717, 1.165) is 25.7 Å². The summed E-state index contributed by atoms with van der Waals surface area (Å²) < 4.78 is 10.7. The highest BCUT2D eigenvalue weighted by Crippen LogP contribution is 2.14. The van der Waals surface area contributed by atoms with Crippen LogP contribution in [0.5, 0.6) is 0 Å². The summed E-state index contributed by atoms with van der Waals surface area (Å²) in [5.74, 6) is -0.321. The predicted molar refractivity (Wildman–Crippen MR) is 114 cm³/mol. The molecular formula is C24H38O4. The summed E-state index contributed by atoms with van der Waals surface area (Å²) in [6, 6.07) is 6.72. The highest BCUT2D eigenvalue weighted by Gasteiger charge is 2.18. The van der Waals surface area contributed by atoms with E-state index in [-0.39, 0.29) is 11.1 Å². The van der Waals surface area contributed by atoms with Crippen LogP contribution in [0.15, 0.2) is 24.3 Å². The first kappa shape index (κ1) is 24.2. The summed E-state index contributed by atoms with van der Waals surface area (Å²) in [4.78, 5) is 24.7. The van der Waals surface area contributed by atoms with Gasteiger partial charge in [-0.25, -0.2) is 9.59 Å². The molecule has 0 radical (unpaired) electrons. The molecule has 0 bridgehead atoms. The SMILES string of the molecule is CCCCCCCCCCOC(=O)c1ccccc1C(=O)OCCCC(C)C. The summed E-state index contributed by atoms with van der Waals surface area (Å²) in [5, 5.41) is 0. The van der Waals surface area contributed by atoms with Crippen molar-refractivity contribution in [2.24, 2.45) is 5.92 Å². The van der Waals surface area contributed by atoms with E-state index in [4.69, 9.17) is 9.47 Å². The second kappa shape index (κ2) is 15.1. The fourth-order valence-electron chi connectivity index (χ4n) is 3.05. The van der Waals surface area contributed by atoms with E-state index < -0.39 is 11.9 Å². The minimum atomic E-state index is -0.455. The van der Waals surface area contributed by atoms with Gasteiger partial charge in [-0.15, -0.1) is 0 Å². The second-order valence-corrected chi connectivity index (χ2v) is 7.83. The third-order valence-electron chi connectivity index (χ3n) is 4.76. The van der Waals surface area contributed by atoms with Gasteiger partial charge >= 0.3 is 11.9 Å². The Morgan fingerprint density at radius 2 is 1.21 bits per heavy atom. The number of hydrogen-bond acceptors (Lipinski definition) is 4. The topological polar surface area (TPSA) is 52.6 Å². The Morgan fingerprint density at radius 1 is 0.750 bits per heavy atom. The summed E-state index contributed by atoms with van der Waals surface area (Å²) in [6.45, 7) is 7.27. The molecule has 0 aliphatic carbocycles. The van der Waals surface area contributed by atoms with E-state index in [1.54, 1.807) is 24.3 Å². The lowest BCUT2D eigenvalue weighted by Crippen LogP contribution is -2.15. The van der Waals surface area contributed by atoms with Gasteiger partial charge in [0.15, 0.2) is 0 Å². The Hall–Kier alpha value is -1.84. The Kier molecular flexibility index (Phi) is 13.1. The van der Waals surface area contributed by atoms with E-state index >= 15 is 0 Å². The van der Waals surface area contributed by atoms with Crippen molar-refractivity contribution in [2.45, 2.75) is 85.0 Å². The maximum atomic E-state index is 12.4. The molecule has 1 aromatic rings. The molecule has 0 saturated carbocycles. The third-order valence-corrected chi connectivity index (χ3v) is 4.76. The first-order valence-corrected chi connectivity index (χ1v) is 11.0. The maximum absolute atomic E-state index is 12.4. The molecule has 0 atom stereocenters. The number of ether oxygens (including phenoxy) is 2. The Balaban J connectivity index is 2.34. The van der Waals surface area contributed by atoms with Gasteiger partial charge in [0.1, 0.15) is 0 Å². The summed E-state index contributed by atoms with van der Waals surface area (Å²) in [5.41, 5.74) is 0.573. The molecule has 4 nitrogen and oxygen atoms in total. The van der Waals surface area contributed by atoms with Gasteiger partial charge in [-0.3, -0.25) is 0 Å². The number of unbranched alkanes of at least 4 members (excludes halogenated alkanes) is 7. The summed E-state index contributed by atoms with van der Waals surface area (Å²) >= 11 is 0. The zero-order valence-corrected chi connectivity index (χ0v) is 18.0. The lowest BCUT2D eigenvalue weighted by Gasteiger charge is -2.10. The van der Waals surface area contributed by atoms with Crippen LogP contribution in [0.4, 0.5) is 0 Å². The average Bonchev–Trinajstić information content (AvgIpc) is 2.69. The van der Waals surface area contributed by atoms with E-state index in [9.17, 15) is 9.59 Å². The monoisotopic (exact) mass is 390 g/mol. The molecule has 1 rings (SSSR count). The highest BCUT2D eigenvalue weighted by molar-refractivity contribution is 6.03. The van der Waals surface area contributed by atoms with Gasteiger partial charge < -0.3 is 9.47 Å². The van der Waals surface area contributed by atoms with Gasteiger partial charge in [-0.2, -0.15) is 0 Å². The lowest BCUT2D eigenvalue weighted by atomic mass is 10.1. The molecule has 28 heavy (non-hydrogen) atoms. The van der Waals surface area contributed by atoms with Crippen molar-refractivity contribution >= 4 is 11.9 Å². The normalized spacial score (nSPS) is 10.9. The predicted octanol–water partition coefficient (Wildman–Crippen LogP) is 6.58. The third kappa shape index (κ3) is 10.5. The first-order valence-electron chi connectivity index (χ1n) is 11.0. The van der Waals surface area contributed by atoms with Crippen LogP contribution in [0.2, 0.25) is 0 Å². The fraction of sp³-hybridized carbons (Fsp3) is 0.667. The van der Waals surface area contributed by atoms with Crippen LogP contribution >= 0.6 is 0 Å². The number of rotatable bonds is 15. The number of carbonyl (C=O) groups excluding carboxylic acids is 2. The van der Waals surface area contributed by atoms with Gasteiger partial charge in [0, 0.05) is 0 Å². The Morgan fingerprint density at radius 3 is 1.71 bits per heavy atom. The molecule has 0 heterocycles. The van der Waals surface area contributed by atoms with Crippen LogP contribution < -0.4 is 0 Å². The lowest BCUT2D eigenvalue weighted by molar-refractivity contribution is 0.0449. The van der Waals surface area contributed by atoms with Crippen molar-refractivity contribution in [1.29, 1.82) is 0 Å². The van der Waals surface area contributed by atoms with Crippen LogP contribution in [-0.2, 0) is 9.47 Å². The van der Waals surface area contributed by atoms with E-state index in [1.807, 2.05) is 0 Å². The number of hydrogen-bond donors (Lipinski definition) is 0. The van der Waals surface area contributed by atoms with Gasteiger partial charge in [-0.05, 0) is 37.3 Å². The minimum absolute atomic E-state index is 0.285. The summed E-state index contributed by atoms with van der Waals surface area (Å²) in [7, 11) is 0. The van der Waals surface area contributed by atoms with Gasteiger partial charge in [0.25, 0.3) is 0 Å². The molecule has 158 valence electrons. The fourth-order valence-corrected chi connectivity index (χ4v) is 3.05. The molecule has 0 aliphatic heterocycles. The molecular weight excluding hydrogens is 352 g/mol. The molecule has 0 aromatic heterocycles. The maximum Gasteiger partial charge on any atom is 0.339 e. The average molecular weight is 391 g/mol. The van der Waals surface area contributed by atoms with Crippen molar-refractivity contribution in [3.8, 4) is 0 Å². The van der Waals surface area contributed by atoms with Crippen molar-refractivity contribution in [3.63, 3.8) is 0 Å². The molecule has 0 amide bonds. The van der Waals surface area contributed by atoms with E-state index in [0.29, 0.717) is 19.1 Å². The first-order chi connectivity index (χ1) is 13.6. The van der Waals surface area contributed by atoms with Crippen molar-refractivity contribution in [3.05, 3.63) is 35.4 Å². The van der Waals surface area contributed by atoms with Crippen molar-refractivity contribution < 1.29 is 19.1 Å². The molecule has 4 heteroatoms. The Bertz CT molecular complexity index is 565. The zero-order chi connectivity index (χ0) is 20.6. The van der Waals surface area contributed by atoms with Crippen LogP contribution in [0, 0.1) is 5.92 Å². The van der Waals surface area contributed by atoms with Crippen LogP contribution in [0.1, 0.15) is 106 Å². The van der Waals surface area contributed by atoms with Crippen molar-refractivity contribution in [2.75, 3.05) is 13.2 Å². The summed E-state index contributed by atoms with van der Waals surface area (Å²) in [6.07, 6.45) is 11.4. The molecule has 0 aliphatic rings. The molecule has 1 aromatic carbocycles. The molecule has 0 saturated heterocycles. The molecule has 0 fully saturated rings.